The summed E-state index contributed by atoms with van der Waals surface area (Å²) >= 11 is 0. The first-order valence-electron chi connectivity index (χ1n) is 12.9. The van der Waals surface area contributed by atoms with Crippen molar-refractivity contribution in [3.05, 3.63) is 46.1 Å². The average molecular weight is 523 g/mol. The van der Waals surface area contributed by atoms with Gasteiger partial charge in [0.2, 0.25) is 6.29 Å². The van der Waals surface area contributed by atoms with Crippen LogP contribution in [0.5, 0.6) is 11.5 Å². The number of ether oxygens (including phenoxy) is 2. The van der Waals surface area contributed by atoms with Crippen LogP contribution in [-0.2, 0) is 17.6 Å². The Bertz CT molecular complexity index is 963. The number of rotatable bonds is 13. The fourth-order valence-electron chi connectivity index (χ4n) is 4.31. The molecule has 2 rings (SSSR count). The lowest BCUT2D eigenvalue weighted by Gasteiger charge is -2.40. The Morgan fingerprint density at radius 1 is 1.08 bits per heavy atom. The van der Waals surface area contributed by atoms with Crippen molar-refractivity contribution in [1.82, 2.24) is 0 Å². The van der Waals surface area contributed by atoms with Crippen LogP contribution in [0.15, 0.2) is 29.4 Å². The van der Waals surface area contributed by atoms with Gasteiger partial charge in [0.25, 0.3) is 0 Å². The lowest BCUT2D eigenvalue weighted by Crippen LogP contribution is -2.60. The maximum atomic E-state index is 12.4. The molecule has 1 heterocycles. The molecule has 6 N–H and O–H groups in total. The van der Waals surface area contributed by atoms with Gasteiger partial charge in [0.1, 0.15) is 41.5 Å². The van der Waals surface area contributed by atoms with E-state index in [-0.39, 0.29) is 29.0 Å². The van der Waals surface area contributed by atoms with E-state index in [0.717, 1.165) is 31.3 Å². The van der Waals surface area contributed by atoms with Crippen molar-refractivity contribution in [2.24, 2.45) is 0 Å². The molecule has 0 bridgehead atoms. The molecule has 0 radical (unpaired) electrons. The average Bonchev–Trinajstić information content (AvgIpc) is 2.83. The van der Waals surface area contributed by atoms with Crippen LogP contribution in [0.4, 0.5) is 0 Å². The molecule has 5 atom stereocenters. The predicted octanol–water partition coefficient (Wildman–Crippen LogP) is 3.24. The first-order chi connectivity index (χ1) is 17.5. The van der Waals surface area contributed by atoms with Gasteiger partial charge >= 0.3 is 5.97 Å². The summed E-state index contributed by atoms with van der Waals surface area (Å²) in [5.74, 6) is -1.59. The number of carboxylic acid groups (broad SMARTS) is 1. The number of aryl methyl sites for hydroxylation is 1. The predicted molar refractivity (Wildman–Crippen MR) is 139 cm³/mol. The minimum absolute atomic E-state index is 0.149. The Morgan fingerprint density at radius 2 is 1.78 bits per heavy atom. The number of unbranched alkanes of at least 4 members (excludes halogenated alkanes) is 2. The van der Waals surface area contributed by atoms with Crippen molar-refractivity contribution in [2.45, 2.75) is 103 Å². The van der Waals surface area contributed by atoms with Crippen LogP contribution in [-0.4, -0.2) is 73.9 Å². The molecular formula is C28H42O9. The van der Waals surface area contributed by atoms with E-state index in [1.807, 2.05) is 33.8 Å². The van der Waals surface area contributed by atoms with Crippen LogP contribution in [0.2, 0.25) is 0 Å². The molecule has 0 unspecified atom stereocenters. The van der Waals surface area contributed by atoms with Gasteiger partial charge in [0, 0.05) is 5.56 Å². The summed E-state index contributed by atoms with van der Waals surface area (Å²) in [5.41, 5.74) is 2.68. The number of carboxylic acids is 1. The Hall–Kier alpha value is -2.43. The van der Waals surface area contributed by atoms with E-state index in [9.17, 15) is 35.4 Å². The highest BCUT2D eigenvalue weighted by Crippen LogP contribution is 2.38. The molecule has 208 valence electrons. The number of aliphatic hydroxyl groups excluding tert-OH is 4. The molecule has 0 aliphatic carbocycles. The third kappa shape index (κ3) is 8.28. The molecule has 0 spiro atoms. The second-order valence-corrected chi connectivity index (χ2v) is 9.89. The normalized spacial score (nSPS) is 24.1. The molecule has 37 heavy (non-hydrogen) atoms. The zero-order valence-electron chi connectivity index (χ0n) is 22.2. The number of phenolic OH excluding ortho intramolecular Hbond substituents is 1. The minimum atomic E-state index is -1.72. The summed E-state index contributed by atoms with van der Waals surface area (Å²) < 4.78 is 11.4. The maximum absolute atomic E-state index is 12.4. The van der Waals surface area contributed by atoms with Gasteiger partial charge in [0.05, 0.1) is 6.61 Å². The largest absolute Gasteiger partial charge is 0.508 e. The molecule has 1 aromatic carbocycles. The van der Waals surface area contributed by atoms with E-state index in [4.69, 9.17) is 9.47 Å². The van der Waals surface area contributed by atoms with Gasteiger partial charge in [-0.2, -0.15) is 0 Å². The first-order valence-corrected chi connectivity index (χ1v) is 12.9. The minimum Gasteiger partial charge on any atom is -0.508 e. The number of benzene rings is 1. The second-order valence-electron chi connectivity index (χ2n) is 9.89. The van der Waals surface area contributed by atoms with Gasteiger partial charge < -0.3 is 40.1 Å². The van der Waals surface area contributed by atoms with Crippen molar-refractivity contribution >= 4 is 5.97 Å². The lowest BCUT2D eigenvalue weighted by molar-refractivity contribution is -0.277. The Morgan fingerprint density at radius 3 is 2.38 bits per heavy atom. The molecule has 9 nitrogen and oxygen atoms in total. The van der Waals surface area contributed by atoms with Crippen molar-refractivity contribution in [3.63, 3.8) is 0 Å². The summed E-state index contributed by atoms with van der Waals surface area (Å²) in [7, 11) is 0. The molecule has 9 heteroatoms. The zero-order chi connectivity index (χ0) is 27.7. The van der Waals surface area contributed by atoms with Crippen molar-refractivity contribution in [1.29, 1.82) is 0 Å². The monoisotopic (exact) mass is 522 g/mol. The summed E-state index contributed by atoms with van der Waals surface area (Å²) in [6.07, 6.45) is 0.904. The van der Waals surface area contributed by atoms with E-state index in [0.29, 0.717) is 18.4 Å². The third-order valence-corrected chi connectivity index (χ3v) is 6.53. The van der Waals surface area contributed by atoms with Gasteiger partial charge in [-0.25, -0.2) is 4.79 Å². The van der Waals surface area contributed by atoms with E-state index < -0.39 is 43.3 Å². The Balaban J connectivity index is 2.52. The Labute approximate surface area is 218 Å². The molecular weight excluding hydrogens is 480 g/mol. The van der Waals surface area contributed by atoms with Crippen LogP contribution in [0.3, 0.4) is 0 Å². The fourth-order valence-corrected chi connectivity index (χ4v) is 4.31. The lowest BCUT2D eigenvalue weighted by atomic mass is 9.94. The summed E-state index contributed by atoms with van der Waals surface area (Å²) in [6, 6.07) is 1.45. The summed E-state index contributed by atoms with van der Waals surface area (Å²) in [6.45, 7) is 7.37. The molecule has 1 fully saturated rings. The fraction of sp³-hybridized carbons (Fsp3) is 0.607. The summed E-state index contributed by atoms with van der Waals surface area (Å²) in [5, 5.41) is 61.4. The zero-order valence-corrected chi connectivity index (χ0v) is 22.2. The molecule has 1 aromatic rings. The van der Waals surface area contributed by atoms with Gasteiger partial charge in [-0.15, -0.1) is 0 Å². The van der Waals surface area contributed by atoms with E-state index in [1.165, 1.54) is 11.6 Å². The third-order valence-electron chi connectivity index (χ3n) is 6.53. The maximum Gasteiger partial charge on any atom is 0.339 e. The number of aliphatic hydroxyl groups is 4. The second kappa shape index (κ2) is 14.5. The van der Waals surface area contributed by atoms with Gasteiger partial charge in [0.15, 0.2) is 0 Å². The van der Waals surface area contributed by atoms with Crippen LogP contribution in [0.25, 0.3) is 0 Å². The van der Waals surface area contributed by atoms with Crippen LogP contribution >= 0.6 is 0 Å². The molecule has 1 saturated heterocycles. The van der Waals surface area contributed by atoms with E-state index in [2.05, 4.69) is 6.08 Å². The quantitative estimate of drug-likeness (QED) is 0.169. The van der Waals surface area contributed by atoms with E-state index in [1.54, 1.807) is 0 Å². The highest BCUT2D eigenvalue weighted by Gasteiger charge is 2.45. The topological polar surface area (TPSA) is 157 Å². The number of hydrogen-bond acceptors (Lipinski definition) is 8. The number of carbonyl (C=O) groups is 1. The van der Waals surface area contributed by atoms with Crippen LogP contribution < -0.4 is 4.74 Å². The molecule has 1 aliphatic rings. The first kappa shape index (κ1) is 30.8. The Kier molecular flexibility index (Phi) is 12.1. The van der Waals surface area contributed by atoms with Crippen molar-refractivity contribution in [3.8, 4) is 11.5 Å². The van der Waals surface area contributed by atoms with Gasteiger partial charge in [-0.3, -0.25) is 0 Å². The smallest absolute Gasteiger partial charge is 0.339 e. The number of aromatic hydroxyl groups is 1. The highest BCUT2D eigenvalue weighted by atomic mass is 16.7. The van der Waals surface area contributed by atoms with Crippen LogP contribution in [0, 0.1) is 0 Å². The standard InChI is InChI=1S/C28H42O9/c1-5-6-7-11-18-14-20(30)19(13-12-17(4)10-8-9-16(2)3)26(22(18)27(34)35)37-28-25(33)24(32)23(31)21(15-29)36-28/h9,12,14,21,23-25,28-33H,5-8,10-11,13,15H2,1-4H3,(H,34,35)/b17-12+/t21-,23-,24+,25-,28+/m1/s1. The van der Waals surface area contributed by atoms with Crippen molar-refractivity contribution < 1.29 is 44.9 Å². The SMILES string of the molecule is CCCCCc1cc(O)c(C/C=C(\C)CCC=C(C)C)c(O[C@@H]2O[C@H](CO)[C@@H](O)[C@H](O)[C@H]2O)c1C(=O)O. The molecule has 0 aromatic heterocycles. The van der Waals surface area contributed by atoms with E-state index >= 15 is 0 Å². The molecule has 1 aliphatic heterocycles. The van der Waals surface area contributed by atoms with Gasteiger partial charge in [-0.1, -0.05) is 43.1 Å². The molecule has 0 saturated carbocycles. The van der Waals surface area contributed by atoms with Gasteiger partial charge in [-0.05, 0) is 64.5 Å². The highest BCUT2D eigenvalue weighted by molar-refractivity contribution is 5.94. The summed E-state index contributed by atoms with van der Waals surface area (Å²) in [4.78, 5) is 12.4. The number of hydrogen-bond donors (Lipinski definition) is 6. The number of aromatic carboxylic acids is 1. The van der Waals surface area contributed by atoms with Crippen molar-refractivity contribution in [2.75, 3.05) is 6.61 Å². The number of allylic oxidation sites excluding steroid dienone is 4. The van der Waals surface area contributed by atoms with Crippen LogP contribution in [0.1, 0.15) is 81.3 Å². The molecule has 0 amide bonds. The number of phenols is 1.